The van der Waals surface area contributed by atoms with Crippen LogP contribution in [0.25, 0.3) is 0 Å². The molecule has 2 aliphatic rings. The highest BCUT2D eigenvalue weighted by Gasteiger charge is 2.49. The average molecular weight is 365 g/mol. The molecule has 0 saturated carbocycles. The van der Waals surface area contributed by atoms with Crippen LogP contribution < -0.4 is 9.64 Å². The molecule has 1 amide bonds. The summed E-state index contributed by atoms with van der Waals surface area (Å²) >= 11 is 1.28. The zero-order chi connectivity index (χ0) is 17.3. The van der Waals surface area contributed by atoms with Crippen LogP contribution in [-0.4, -0.2) is 49.4 Å². The number of methoxy groups -OCH3 is 1. The summed E-state index contributed by atoms with van der Waals surface area (Å²) in [6.45, 7) is 0. The van der Waals surface area contributed by atoms with E-state index in [1.807, 2.05) is 6.07 Å². The van der Waals surface area contributed by atoms with Crippen LogP contribution in [0.4, 0.5) is 5.69 Å². The van der Waals surface area contributed by atoms with Crippen molar-refractivity contribution in [2.24, 2.45) is 4.99 Å². The Morgan fingerprint density at radius 1 is 1.50 bits per heavy atom. The molecule has 2 heterocycles. The SMILES string of the molecule is COc1cccc(N2C(=NC(=O)CC#N)S[C@H]3CS(=O)(=O)C[C@@H]32)c1. The first-order chi connectivity index (χ1) is 11.4. The molecule has 2 saturated heterocycles. The second-order valence-electron chi connectivity index (χ2n) is 5.50. The van der Waals surface area contributed by atoms with Crippen LogP contribution in [0.2, 0.25) is 0 Å². The molecule has 3 rings (SSSR count). The summed E-state index contributed by atoms with van der Waals surface area (Å²) in [6.07, 6.45) is -0.302. The first-order valence-corrected chi connectivity index (χ1v) is 9.92. The Balaban J connectivity index is 2.01. The number of anilines is 1. The van der Waals surface area contributed by atoms with Crippen LogP contribution in [0.3, 0.4) is 0 Å². The maximum Gasteiger partial charge on any atom is 0.262 e. The van der Waals surface area contributed by atoms with Gasteiger partial charge in [0.25, 0.3) is 5.91 Å². The molecule has 0 aliphatic carbocycles. The van der Waals surface area contributed by atoms with E-state index >= 15 is 0 Å². The van der Waals surface area contributed by atoms with Crippen molar-refractivity contribution in [3.8, 4) is 11.8 Å². The van der Waals surface area contributed by atoms with E-state index in [0.29, 0.717) is 10.9 Å². The van der Waals surface area contributed by atoms with Gasteiger partial charge in [-0.2, -0.15) is 10.3 Å². The summed E-state index contributed by atoms with van der Waals surface area (Å²) in [6, 6.07) is 8.68. The van der Waals surface area contributed by atoms with Crippen molar-refractivity contribution in [1.29, 1.82) is 5.26 Å². The van der Waals surface area contributed by atoms with Crippen molar-refractivity contribution >= 4 is 38.4 Å². The fraction of sp³-hybridized carbons (Fsp3) is 0.400. The van der Waals surface area contributed by atoms with E-state index in [4.69, 9.17) is 10.00 Å². The molecule has 126 valence electrons. The van der Waals surface area contributed by atoms with Gasteiger partial charge in [-0.05, 0) is 12.1 Å². The summed E-state index contributed by atoms with van der Waals surface area (Å²) in [5.41, 5.74) is 0.718. The van der Waals surface area contributed by atoms with E-state index in [2.05, 4.69) is 4.99 Å². The molecule has 9 heteroatoms. The first kappa shape index (κ1) is 16.8. The normalized spacial score (nSPS) is 26.2. The maximum absolute atomic E-state index is 12.0. The van der Waals surface area contributed by atoms with E-state index < -0.39 is 15.7 Å². The molecule has 2 fully saturated rings. The van der Waals surface area contributed by atoms with E-state index in [1.165, 1.54) is 11.8 Å². The molecule has 0 unspecified atom stereocenters. The number of nitriles is 1. The number of aliphatic imine (C=N–C) groups is 1. The predicted octanol–water partition coefficient (Wildman–Crippen LogP) is 1.21. The van der Waals surface area contributed by atoms with Gasteiger partial charge in [-0.3, -0.25) is 4.79 Å². The average Bonchev–Trinajstić information content (AvgIpc) is 2.98. The number of fused-ring (bicyclic) bond motifs is 1. The lowest BCUT2D eigenvalue weighted by molar-refractivity contribution is -0.116. The highest BCUT2D eigenvalue weighted by atomic mass is 32.2. The predicted molar refractivity (Wildman–Crippen MR) is 92.0 cm³/mol. The molecule has 2 aliphatic heterocycles. The van der Waals surface area contributed by atoms with Crippen molar-refractivity contribution in [3.05, 3.63) is 24.3 Å². The first-order valence-electron chi connectivity index (χ1n) is 7.22. The van der Waals surface area contributed by atoms with E-state index in [1.54, 1.807) is 36.3 Å². The Labute approximate surface area is 144 Å². The number of nitrogens with zero attached hydrogens (tertiary/aromatic N) is 3. The molecule has 24 heavy (non-hydrogen) atoms. The number of amidine groups is 1. The van der Waals surface area contributed by atoms with Gasteiger partial charge in [0.05, 0.1) is 30.7 Å². The molecular formula is C15H15N3O4S2. The number of hydrogen-bond donors (Lipinski definition) is 0. The molecule has 2 atom stereocenters. The minimum Gasteiger partial charge on any atom is -0.497 e. The van der Waals surface area contributed by atoms with Gasteiger partial charge in [-0.1, -0.05) is 17.8 Å². The maximum atomic E-state index is 12.0. The standard InChI is InChI=1S/C15H15N3O4S2/c1-22-11-4-2-3-10(7-11)18-12-8-24(20,21)9-13(12)23-15(18)17-14(19)5-6-16/h2-4,7,12-13H,5,8-9H2,1H3/t12-,13-/m0/s1. The van der Waals surface area contributed by atoms with Gasteiger partial charge in [0, 0.05) is 17.0 Å². The molecule has 0 aromatic heterocycles. The summed E-state index contributed by atoms with van der Waals surface area (Å²) in [5.74, 6) is 0.182. The van der Waals surface area contributed by atoms with Crippen LogP contribution in [0, 0.1) is 11.3 Å². The van der Waals surface area contributed by atoms with Crippen molar-refractivity contribution in [3.63, 3.8) is 0 Å². The zero-order valence-electron chi connectivity index (χ0n) is 12.9. The number of amides is 1. The van der Waals surface area contributed by atoms with Crippen molar-refractivity contribution in [1.82, 2.24) is 0 Å². The van der Waals surface area contributed by atoms with Crippen LogP contribution in [0.15, 0.2) is 29.3 Å². The van der Waals surface area contributed by atoms with Gasteiger partial charge in [0.15, 0.2) is 15.0 Å². The molecule has 0 radical (unpaired) electrons. The Hall–Kier alpha value is -2.05. The second-order valence-corrected chi connectivity index (χ2v) is 8.86. The number of thioether (sulfide) groups is 1. The fourth-order valence-electron chi connectivity index (χ4n) is 2.84. The number of ether oxygens (including phenoxy) is 1. The summed E-state index contributed by atoms with van der Waals surface area (Å²) in [5, 5.41) is 8.90. The van der Waals surface area contributed by atoms with Gasteiger partial charge in [-0.15, -0.1) is 0 Å². The smallest absolute Gasteiger partial charge is 0.262 e. The molecule has 1 aromatic rings. The Kier molecular flexibility index (Phi) is 4.51. The highest BCUT2D eigenvalue weighted by Crippen LogP contribution is 2.41. The number of sulfone groups is 1. The molecule has 1 aromatic carbocycles. The number of rotatable bonds is 3. The third kappa shape index (κ3) is 3.25. The van der Waals surface area contributed by atoms with Gasteiger partial charge in [0.1, 0.15) is 12.2 Å². The summed E-state index contributed by atoms with van der Waals surface area (Å²) < 4.78 is 29.1. The lowest BCUT2D eigenvalue weighted by Crippen LogP contribution is -2.37. The quantitative estimate of drug-likeness (QED) is 0.793. The number of benzene rings is 1. The van der Waals surface area contributed by atoms with Crippen LogP contribution in [-0.2, 0) is 14.6 Å². The largest absolute Gasteiger partial charge is 0.497 e. The highest BCUT2D eigenvalue weighted by molar-refractivity contribution is 8.16. The Morgan fingerprint density at radius 2 is 2.29 bits per heavy atom. The van der Waals surface area contributed by atoms with Crippen LogP contribution in [0.5, 0.6) is 5.75 Å². The third-order valence-electron chi connectivity index (χ3n) is 3.85. The topological polar surface area (TPSA) is 99.8 Å². The number of carbonyl (C=O) groups excluding carboxylic acids is 1. The summed E-state index contributed by atoms with van der Waals surface area (Å²) in [4.78, 5) is 17.5. The number of hydrogen-bond acceptors (Lipinski definition) is 6. The van der Waals surface area contributed by atoms with Gasteiger partial charge in [-0.25, -0.2) is 8.42 Å². The minimum atomic E-state index is -3.11. The minimum absolute atomic E-state index is 0.0212. The molecule has 0 N–H and O–H groups in total. The lowest BCUT2D eigenvalue weighted by Gasteiger charge is -2.24. The lowest BCUT2D eigenvalue weighted by atomic mass is 10.2. The van der Waals surface area contributed by atoms with Crippen molar-refractivity contribution < 1.29 is 17.9 Å². The molecule has 7 nitrogen and oxygen atoms in total. The zero-order valence-corrected chi connectivity index (χ0v) is 14.5. The monoisotopic (exact) mass is 365 g/mol. The Bertz CT molecular complexity index is 845. The Morgan fingerprint density at radius 3 is 3.00 bits per heavy atom. The van der Waals surface area contributed by atoms with Crippen molar-refractivity contribution in [2.45, 2.75) is 17.7 Å². The van der Waals surface area contributed by atoms with E-state index in [9.17, 15) is 13.2 Å². The molecular weight excluding hydrogens is 350 g/mol. The van der Waals surface area contributed by atoms with Gasteiger partial charge in [0.2, 0.25) is 0 Å². The fourth-order valence-corrected chi connectivity index (χ4v) is 6.77. The summed E-state index contributed by atoms with van der Waals surface area (Å²) in [7, 11) is -1.56. The van der Waals surface area contributed by atoms with E-state index in [-0.39, 0.29) is 29.2 Å². The van der Waals surface area contributed by atoms with E-state index in [0.717, 1.165) is 5.69 Å². The van der Waals surface area contributed by atoms with Crippen molar-refractivity contribution in [2.75, 3.05) is 23.5 Å². The second kappa shape index (κ2) is 6.45. The van der Waals surface area contributed by atoms with Gasteiger partial charge < -0.3 is 9.64 Å². The molecule has 0 bridgehead atoms. The molecule has 0 spiro atoms. The van der Waals surface area contributed by atoms with Crippen LogP contribution in [0.1, 0.15) is 6.42 Å². The van der Waals surface area contributed by atoms with Crippen LogP contribution >= 0.6 is 11.8 Å². The third-order valence-corrected chi connectivity index (χ3v) is 7.06. The van der Waals surface area contributed by atoms with Gasteiger partial charge >= 0.3 is 0 Å². The number of carbonyl (C=O) groups is 1.